The van der Waals surface area contributed by atoms with E-state index in [-0.39, 0.29) is 23.8 Å². The Morgan fingerprint density at radius 1 is 1.06 bits per heavy atom. The van der Waals surface area contributed by atoms with E-state index in [1.807, 2.05) is 0 Å². The summed E-state index contributed by atoms with van der Waals surface area (Å²) in [6, 6.07) is -0.350. The van der Waals surface area contributed by atoms with Crippen molar-refractivity contribution >= 4 is 31.6 Å². The van der Waals surface area contributed by atoms with E-state index >= 15 is 0 Å². The number of carbonyl (C=O) groups is 2. The third kappa shape index (κ3) is 10.8. The maximum atomic E-state index is 12.8. The molecule has 33 heavy (non-hydrogen) atoms. The van der Waals surface area contributed by atoms with Crippen LogP contribution in [0.2, 0.25) is 0 Å². The van der Waals surface area contributed by atoms with Gasteiger partial charge in [-0.1, -0.05) is 12.2 Å². The highest BCUT2D eigenvalue weighted by atomic mass is 32.2. The maximum Gasteiger partial charge on any atom is 0.340 e. The van der Waals surface area contributed by atoms with Crippen LogP contribution < -0.4 is 0 Å². The molecule has 1 rings (SSSR count). The Balaban J connectivity index is 3.37. The number of allylic oxidation sites excluding steroid dienone is 2. The number of esters is 2. The summed E-state index contributed by atoms with van der Waals surface area (Å²) < 4.78 is 55.6. The van der Waals surface area contributed by atoms with Crippen molar-refractivity contribution in [2.45, 2.75) is 18.9 Å². The minimum atomic E-state index is -3.38. The first-order chi connectivity index (χ1) is 15.3. The highest BCUT2D eigenvalue weighted by molar-refractivity contribution is 7.90. The van der Waals surface area contributed by atoms with E-state index < -0.39 is 56.3 Å². The van der Waals surface area contributed by atoms with Crippen LogP contribution in [-0.2, 0) is 38.7 Å². The predicted octanol–water partition coefficient (Wildman–Crippen LogP) is 0.171. The van der Waals surface area contributed by atoms with Crippen molar-refractivity contribution in [3.05, 3.63) is 47.7 Å². The fourth-order valence-electron chi connectivity index (χ4n) is 2.74. The molecule has 1 N–H and O–H groups in total. The van der Waals surface area contributed by atoms with Gasteiger partial charge >= 0.3 is 11.9 Å². The van der Waals surface area contributed by atoms with Crippen LogP contribution in [0.3, 0.4) is 0 Å². The van der Waals surface area contributed by atoms with Crippen LogP contribution in [-0.4, -0.2) is 95.7 Å². The van der Waals surface area contributed by atoms with Crippen LogP contribution >= 0.6 is 0 Å². The Bertz CT molecular complexity index is 1040. The molecule has 1 aliphatic heterocycles. The van der Waals surface area contributed by atoms with Gasteiger partial charge in [0.05, 0.1) is 28.7 Å². The largest absolute Gasteiger partial charge is 0.461 e. The zero-order chi connectivity index (χ0) is 25.2. The van der Waals surface area contributed by atoms with Gasteiger partial charge in [-0.2, -0.15) is 0 Å². The highest BCUT2D eigenvalue weighted by Crippen LogP contribution is 2.24. The number of carbonyl (C=O) groups excluding carboxylic acids is 2. The van der Waals surface area contributed by atoms with Gasteiger partial charge < -0.3 is 19.5 Å². The summed E-state index contributed by atoms with van der Waals surface area (Å²) >= 11 is 0. The number of aliphatic hydroxyl groups is 1. The van der Waals surface area contributed by atoms with E-state index in [2.05, 4.69) is 6.58 Å². The van der Waals surface area contributed by atoms with Gasteiger partial charge in [0.25, 0.3) is 0 Å². The first kappa shape index (κ1) is 28.6. The third-order valence-electron chi connectivity index (χ3n) is 4.49. The maximum absolute atomic E-state index is 12.8. The number of sulfone groups is 2. The number of rotatable bonds is 12. The smallest absolute Gasteiger partial charge is 0.340 e. The molecule has 0 bridgehead atoms. The quantitative estimate of drug-likeness (QED) is 0.288. The lowest BCUT2D eigenvalue weighted by Crippen LogP contribution is -2.29. The van der Waals surface area contributed by atoms with E-state index in [9.17, 15) is 31.5 Å². The summed E-state index contributed by atoms with van der Waals surface area (Å²) in [7, 11) is -5.11. The normalized spacial score (nSPS) is 17.2. The van der Waals surface area contributed by atoms with Crippen molar-refractivity contribution in [1.29, 1.82) is 0 Å². The Morgan fingerprint density at radius 2 is 1.58 bits per heavy atom. The van der Waals surface area contributed by atoms with Gasteiger partial charge in [-0.05, 0) is 24.5 Å². The predicted molar refractivity (Wildman–Crippen MR) is 124 cm³/mol. The lowest BCUT2D eigenvalue weighted by Gasteiger charge is -2.26. The van der Waals surface area contributed by atoms with Crippen molar-refractivity contribution in [3.8, 4) is 0 Å². The van der Waals surface area contributed by atoms with Crippen molar-refractivity contribution < 1.29 is 41.0 Å². The summed E-state index contributed by atoms with van der Waals surface area (Å²) in [4.78, 5) is 27.3. The number of hydrogen-bond donors (Lipinski definition) is 1. The molecule has 0 aromatic rings. The van der Waals surface area contributed by atoms with E-state index in [0.717, 1.165) is 12.5 Å². The highest BCUT2D eigenvalue weighted by Gasteiger charge is 2.27. The van der Waals surface area contributed by atoms with E-state index in [0.29, 0.717) is 18.4 Å². The summed E-state index contributed by atoms with van der Waals surface area (Å²) in [6.45, 7) is 2.86. The van der Waals surface area contributed by atoms with Crippen LogP contribution in [0.1, 0.15) is 12.8 Å². The molecule has 0 radical (unpaired) electrons. The van der Waals surface area contributed by atoms with Gasteiger partial charge in [-0.15, -0.1) is 6.58 Å². The Kier molecular flexibility index (Phi) is 11.0. The number of hydrogen-bond acceptors (Lipinski definition) is 10. The monoisotopic (exact) mass is 505 g/mol. The van der Waals surface area contributed by atoms with Crippen LogP contribution in [0.4, 0.5) is 0 Å². The van der Waals surface area contributed by atoms with Gasteiger partial charge in [0.2, 0.25) is 0 Å². The molecular formula is C21H31NO9S2. The zero-order valence-corrected chi connectivity index (χ0v) is 20.7. The van der Waals surface area contributed by atoms with Crippen molar-refractivity contribution in [3.63, 3.8) is 0 Å². The standard InChI is InChI=1S/C21H31NO9S2/c1-5-17-13-16(7-6-8-23)14-18(20(24)30-9-11-32(3,26)27)19(15-22(17)2)21(25)31-10-12-33(4,28)29/h5,13-15,17,23H,1,6-12H2,2-4H3. The van der Waals surface area contributed by atoms with Crippen LogP contribution in [0, 0.1) is 0 Å². The van der Waals surface area contributed by atoms with Gasteiger partial charge in [-0.25, -0.2) is 26.4 Å². The molecule has 0 spiro atoms. The second-order valence-corrected chi connectivity index (χ2v) is 12.1. The van der Waals surface area contributed by atoms with Crippen molar-refractivity contribution in [2.24, 2.45) is 0 Å². The number of nitrogens with zero attached hydrogens (tertiary/aromatic N) is 1. The molecule has 186 valence electrons. The second kappa shape index (κ2) is 12.7. The first-order valence-corrected chi connectivity index (χ1v) is 14.2. The molecule has 0 amide bonds. The summed E-state index contributed by atoms with van der Waals surface area (Å²) in [5.41, 5.74) is 0.258. The van der Waals surface area contributed by atoms with Gasteiger partial charge in [-0.3, -0.25) is 0 Å². The molecular weight excluding hydrogens is 474 g/mol. The Morgan fingerprint density at radius 3 is 2.03 bits per heavy atom. The molecule has 0 saturated heterocycles. The van der Waals surface area contributed by atoms with Crippen molar-refractivity contribution in [2.75, 3.05) is 50.9 Å². The van der Waals surface area contributed by atoms with E-state index in [1.54, 1.807) is 24.1 Å². The fourth-order valence-corrected chi connectivity index (χ4v) is 3.51. The van der Waals surface area contributed by atoms with Crippen LogP contribution in [0.15, 0.2) is 47.7 Å². The molecule has 1 heterocycles. The Labute approximate surface area is 195 Å². The van der Waals surface area contributed by atoms with Gasteiger partial charge in [0.1, 0.15) is 13.2 Å². The molecule has 0 fully saturated rings. The molecule has 12 heteroatoms. The molecule has 1 unspecified atom stereocenters. The summed E-state index contributed by atoms with van der Waals surface area (Å²) in [5, 5.41) is 9.21. The molecule has 0 aromatic heterocycles. The molecule has 10 nitrogen and oxygen atoms in total. The lowest BCUT2D eigenvalue weighted by atomic mass is 9.97. The fraction of sp³-hybridized carbons (Fsp3) is 0.524. The third-order valence-corrected chi connectivity index (χ3v) is 6.30. The SMILES string of the molecule is C=CC1C=C(CCCO)C=C(C(=O)OCCS(C)(=O)=O)C(C(=O)OCCS(C)(=O)=O)=CN1C. The van der Waals surface area contributed by atoms with Gasteiger partial charge in [0, 0.05) is 32.4 Å². The second-order valence-electron chi connectivity index (χ2n) is 7.59. The van der Waals surface area contributed by atoms with Crippen LogP contribution in [0.5, 0.6) is 0 Å². The number of likely N-dealkylation sites (N-methyl/N-ethyl adjacent to an activating group) is 1. The van der Waals surface area contributed by atoms with Crippen molar-refractivity contribution in [1.82, 2.24) is 4.90 Å². The first-order valence-electron chi connectivity index (χ1n) is 10.1. The minimum absolute atomic E-state index is 0.0931. The summed E-state index contributed by atoms with van der Waals surface area (Å²) in [6.07, 6.45) is 8.97. The molecule has 0 aromatic carbocycles. The topological polar surface area (TPSA) is 144 Å². The summed E-state index contributed by atoms with van der Waals surface area (Å²) in [5.74, 6) is -2.67. The lowest BCUT2D eigenvalue weighted by molar-refractivity contribution is -0.142. The van der Waals surface area contributed by atoms with E-state index in [1.165, 1.54) is 12.3 Å². The van der Waals surface area contributed by atoms with Gasteiger partial charge in [0.15, 0.2) is 19.7 Å². The molecule has 0 saturated carbocycles. The molecule has 0 aliphatic carbocycles. The average Bonchev–Trinajstić information content (AvgIpc) is 2.68. The zero-order valence-electron chi connectivity index (χ0n) is 19.0. The number of ether oxygens (including phenoxy) is 2. The van der Waals surface area contributed by atoms with Crippen LogP contribution in [0.25, 0.3) is 0 Å². The minimum Gasteiger partial charge on any atom is -0.461 e. The number of aliphatic hydroxyl groups excluding tert-OH is 1. The average molecular weight is 506 g/mol. The molecule has 1 atom stereocenters. The molecule has 1 aliphatic rings. The van der Waals surface area contributed by atoms with E-state index in [4.69, 9.17) is 9.47 Å². The Hall–Kier alpha value is -2.44.